The van der Waals surface area contributed by atoms with E-state index in [9.17, 15) is 9.59 Å². The van der Waals surface area contributed by atoms with Gasteiger partial charge in [0.25, 0.3) is 5.91 Å². The van der Waals surface area contributed by atoms with Gasteiger partial charge in [0.2, 0.25) is 5.75 Å². The van der Waals surface area contributed by atoms with Crippen LogP contribution in [0.3, 0.4) is 0 Å². The summed E-state index contributed by atoms with van der Waals surface area (Å²) in [6, 6.07) is 3.21. The van der Waals surface area contributed by atoms with Gasteiger partial charge in [-0.2, -0.15) is 0 Å². The van der Waals surface area contributed by atoms with E-state index < -0.39 is 5.92 Å². The highest BCUT2D eigenvalue weighted by molar-refractivity contribution is 5.96. The second-order valence-electron chi connectivity index (χ2n) is 5.59. The third-order valence-corrected chi connectivity index (χ3v) is 3.79. The maximum atomic E-state index is 12.9. The fourth-order valence-corrected chi connectivity index (χ4v) is 2.54. The first-order valence-electron chi connectivity index (χ1n) is 8.10. The van der Waals surface area contributed by atoms with E-state index in [4.69, 9.17) is 18.9 Å². The summed E-state index contributed by atoms with van der Waals surface area (Å²) in [7, 11) is 5.83. The molecule has 0 saturated carbocycles. The van der Waals surface area contributed by atoms with Gasteiger partial charge in [0.15, 0.2) is 11.5 Å². The van der Waals surface area contributed by atoms with E-state index in [-0.39, 0.29) is 18.4 Å². The van der Waals surface area contributed by atoms with Crippen LogP contribution in [0.25, 0.3) is 0 Å². The monoisotopic (exact) mass is 353 g/mol. The molecule has 1 amide bonds. The van der Waals surface area contributed by atoms with Crippen LogP contribution in [-0.4, -0.2) is 58.3 Å². The summed E-state index contributed by atoms with van der Waals surface area (Å²) in [4.78, 5) is 26.2. The van der Waals surface area contributed by atoms with Crippen molar-refractivity contribution in [1.82, 2.24) is 4.90 Å². The Kier molecular flexibility index (Phi) is 8.04. The van der Waals surface area contributed by atoms with E-state index in [2.05, 4.69) is 0 Å². The molecule has 140 valence electrons. The molecule has 1 rings (SSSR count). The largest absolute Gasteiger partial charge is 0.493 e. The van der Waals surface area contributed by atoms with Crippen molar-refractivity contribution in [3.8, 4) is 17.2 Å². The van der Waals surface area contributed by atoms with Gasteiger partial charge in [0.1, 0.15) is 0 Å². The summed E-state index contributed by atoms with van der Waals surface area (Å²) in [5, 5.41) is 0. The predicted molar refractivity (Wildman–Crippen MR) is 93.5 cm³/mol. The predicted octanol–water partition coefficient (Wildman–Crippen LogP) is 2.37. The van der Waals surface area contributed by atoms with Crippen LogP contribution in [-0.2, 0) is 9.53 Å². The molecule has 0 aliphatic carbocycles. The molecule has 0 fully saturated rings. The summed E-state index contributed by atoms with van der Waals surface area (Å²) in [6.07, 6.45) is 0.768. The third-order valence-electron chi connectivity index (χ3n) is 3.79. The summed E-state index contributed by atoms with van der Waals surface area (Å²) in [5.41, 5.74) is 0.403. The van der Waals surface area contributed by atoms with Crippen molar-refractivity contribution in [2.45, 2.75) is 20.3 Å². The fourth-order valence-electron chi connectivity index (χ4n) is 2.54. The van der Waals surface area contributed by atoms with Gasteiger partial charge >= 0.3 is 5.97 Å². The Labute approximate surface area is 148 Å². The van der Waals surface area contributed by atoms with Crippen molar-refractivity contribution in [3.05, 3.63) is 17.7 Å². The number of hydrogen-bond donors (Lipinski definition) is 0. The Bertz CT molecular complexity index is 576. The van der Waals surface area contributed by atoms with Gasteiger partial charge in [0, 0.05) is 18.7 Å². The number of esters is 1. The summed E-state index contributed by atoms with van der Waals surface area (Å²) in [5.74, 6) is 0.259. The average molecular weight is 353 g/mol. The molecule has 1 atom stereocenters. The smallest absolute Gasteiger partial charge is 0.310 e. The molecule has 1 aromatic rings. The molecule has 0 aromatic heterocycles. The van der Waals surface area contributed by atoms with Crippen LogP contribution in [0.15, 0.2) is 12.1 Å². The van der Waals surface area contributed by atoms with Crippen LogP contribution in [0.5, 0.6) is 17.2 Å². The molecular weight excluding hydrogens is 326 g/mol. The average Bonchev–Trinajstić information content (AvgIpc) is 2.64. The zero-order valence-corrected chi connectivity index (χ0v) is 15.8. The van der Waals surface area contributed by atoms with Crippen LogP contribution in [0.4, 0.5) is 0 Å². The highest BCUT2D eigenvalue weighted by Gasteiger charge is 2.24. The normalized spacial score (nSPS) is 11.4. The Balaban J connectivity index is 3.18. The number of methoxy groups -OCH3 is 4. The molecule has 0 N–H and O–H groups in total. The first kappa shape index (κ1) is 20.6. The molecule has 0 bridgehead atoms. The number of rotatable bonds is 9. The number of carbonyl (C=O) groups is 2. The molecule has 1 aromatic carbocycles. The third kappa shape index (κ3) is 5.01. The number of nitrogens with zero attached hydrogens (tertiary/aromatic N) is 1. The Morgan fingerprint density at radius 1 is 1.04 bits per heavy atom. The topological polar surface area (TPSA) is 74.3 Å². The molecule has 25 heavy (non-hydrogen) atoms. The van der Waals surface area contributed by atoms with Gasteiger partial charge < -0.3 is 23.8 Å². The van der Waals surface area contributed by atoms with Gasteiger partial charge in [-0.25, -0.2) is 0 Å². The first-order valence-corrected chi connectivity index (χ1v) is 8.10. The number of carbonyl (C=O) groups excluding carboxylic acids is 2. The Morgan fingerprint density at radius 3 is 2.00 bits per heavy atom. The second-order valence-corrected chi connectivity index (χ2v) is 5.59. The summed E-state index contributed by atoms with van der Waals surface area (Å²) >= 11 is 0. The standard InChI is InChI=1S/C18H27NO6/c1-7-8-19(11-12(2)18(21)25-6)17(20)13-9-14(22-3)16(24-5)15(10-13)23-4/h9-10,12H,7-8,11H2,1-6H3. The number of hydrogen-bond acceptors (Lipinski definition) is 6. The molecule has 1 unspecified atom stereocenters. The van der Waals surface area contributed by atoms with Gasteiger partial charge in [-0.05, 0) is 18.6 Å². The van der Waals surface area contributed by atoms with Crippen molar-refractivity contribution < 1.29 is 28.5 Å². The molecule has 0 heterocycles. The SMILES string of the molecule is CCCN(CC(C)C(=O)OC)C(=O)c1cc(OC)c(OC)c(OC)c1. The van der Waals surface area contributed by atoms with E-state index in [1.807, 2.05) is 6.92 Å². The van der Waals surface area contributed by atoms with Crippen LogP contribution in [0, 0.1) is 5.92 Å². The van der Waals surface area contributed by atoms with Crippen molar-refractivity contribution in [2.24, 2.45) is 5.92 Å². The lowest BCUT2D eigenvalue weighted by Gasteiger charge is -2.25. The quantitative estimate of drug-likeness (QED) is 0.635. The fraction of sp³-hybridized carbons (Fsp3) is 0.556. The highest BCUT2D eigenvalue weighted by Crippen LogP contribution is 2.38. The van der Waals surface area contributed by atoms with E-state index in [1.54, 1.807) is 24.0 Å². The number of amides is 1. The minimum atomic E-state index is -0.414. The first-order chi connectivity index (χ1) is 11.9. The minimum Gasteiger partial charge on any atom is -0.493 e. The number of ether oxygens (including phenoxy) is 4. The molecule has 0 saturated heterocycles. The molecule has 7 nitrogen and oxygen atoms in total. The molecule has 7 heteroatoms. The second kappa shape index (κ2) is 9.76. The van der Waals surface area contributed by atoms with Gasteiger partial charge in [-0.3, -0.25) is 9.59 Å². The summed E-state index contributed by atoms with van der Waals surface area (Å²) < 4.78 is 20.6. The van der Waals surface area contributed by atoms with Crippen molar-refractivity contribution in [2.75, 3.05) is 41.5 Å². The van der Waals surface area contributed by atoms with E-state index in [1.165, 1.54) is 28.4 Å². The van der Waals surface area contributed by atoms with Crippen molar-refractivity contribution >= 4 is 11.9 Å². The lowest BCUT2D eigenvalue weighted by Crippen LogP contribution is -2.37. The van der Waals surface area contributed by atoms with Gasteiger partial charge in [-0.15, -0.1) is 0 Å². The van der Waals surface area contributed by atoms with Gasteiger partial charge in [0.05, 0.1) is 34.4 Å². The Morgan fingerprint density at radius 2 is 1.60 bits per heavy atom. The Hall–Kier alpha value is -2.44. The highest BCUT2D eigenvalue weighted by atomic mass is 16.5. The van der Waals surface area contributed by atoms with Crippen molar-refractivity contribution in [1.29, 1.82) is 0 Å². The zero-order valence-electron chi connectivity index (χ0n) is 15.8. The van der Waals surface area contributed by atoms with E-state index in [0.717, 1.165) is 6.42 Å². The van der Waals surface area contributed by atoms with E-state index in [0.29, 0.717) is 29.4 Å². The van der Waals surface area contributed by atoms with Crippen LogP contribution in [0.2, 0.25) is 0 Å². The van der Waals surface area contributed by atoms with Crippen molar-refractivity contribution in [3.63, 3.8) is 0 Å². The maximum absolute atomic E-state index is 12.9. The molecule has 0 spiro atoms. The molecule has 0 aliphatic heterocycles. The summed E-state index contributed by atoms with van der Waals surface area (Å²) in [6.45, 7) is 4.50. The molecular formula is C18H27NO6. The number of benzene rings is 1. The van der Waals surface area contributed by atoms with Crippen LogP contribution in [0.1, 0.15) is 30.6 Å². The maximum Gasteiger partial charge on any atom is 0.310 e. The molecule has 0 aliphatic rings. The van der Waals surface area contributed by atoms with Gasteiger partial charge in [-0.1, -0.05) is 13.8 Å². The van der Waals surface area contributed by atoms with Crippen LogP contribution < -0.4 is 14.2 Å². The minimum absolute atomic E-state index is 0.211. The van der Waals surface area contributed by atoms with E-state index >= 15 is 0 Å². The van der Waals surface area contributed by atoms with Crippen LogP contribution >= 0.6 is 0 Å². The lowest BCUT2D eigenvalue weighted by molar-refractivity contribution is -0.145. The zero-order chi connectivity index (χ0) is 19.0. The lowest BCUT2D eigenvalue weighted by atomic mass is 10.1. The molecule has 0 radical (unpaired) electrons.